The van der Waals surface area contributed by atoms with Gasteiger partial charge in [-0.05, 0) is 6.42 Å². The van der Waals surface area contributed by atoms with Gasteiger partial charge in [0.1, 0.15) is 10.0 Å². The van der Waals surface area contributed by atoms with Crippen LogP contribution in [0.2, 0.25) is 0 Å². The van der Waals surface area contributed by atoms with Gasteiger partial charge < -0.3 is 10.4 Å². The number of rotatable bonds is 2. The van der Waals surface area contributed by atoms with E-state index in [0.29, 0.717) is 6.54 Å². The Balaban J connectivity index is 2.15. The summed E-state index contributed by atoms with van der Waals surface area (Å²) in [6.45, 7) is 3.55. The monoisotopic (exact) mass is 199 g/mol. The maximum Gasteiger partial charge on any atom is 0.124 e. The lowest BCUT2D eigenvalue weighted by atomic mass is 10.1. The maximum absolute atomic E-state index is 9.60. The van der Waals surface area contributed by atoms with Gasteiger partial charge >= 0.3 is 0 Å². The molecule has 2 N–H and O–H groups in total. The van der Waals surface area contributed by atoms with Crippen LogP contribution in [0.1, 0.15) is 22.9 Å². The smallest absolute Gasteiger partial charge is 0.124 e. The summed E-state index contributed by atoms with van der Waals surface area (Å²) < 4.78 is 0. The van der Waals surface area contributed by atoms with E-state index in [1.54, 1.807) is 11.3 Å². The molecule has 13 heavy (non-hydrogen) atoms. The Morgan fingerprint density at radius 3 is 2.92 bits per heavy atom. The van der Waals surface area contributed by atoms with Crippen LogP contribution >= 0.6 is 11.3 Å². The zero-order valence-corrected chi connectivity index (χ0v) is 8.34. The predicted molar refractivity (Wildman–Crippen MR) is 50.9 cm³/mol. The molecule has 0 aliphatic carbocycles. The molecule has 2 rings (SSSR count). The molecule has 2 atom stereocenters. The van der Waals surface area contributed by atoms with Crippen LogP contribution in [-0.4, -0.2) is 34.5 Å². The number of nitrogens with zero attached hydrogens (tertiary/aromatic N) is 2. The SMILES string of the molecule is CCc1nnc([C@@H]2CNC[C@H]2O)s1. The molecule has 5 heteroatoms. The summed E-state index contributed by atoms with van der Waals surface area (Å²) in [5, 5.41) is 22.9. The van der Waals surface area contributed by atoms with Gasteiger partial charge in [0.15, 0.2) is 0 Å². The minimum atomic E-state index is -0.294. The second-order valence-corrected chi connectivity index (χ2v) is 4.31. The van der Waals surface area contributed by atoms with Gasteiger partial charge in [-0.2, -0.15) is 0 Å². The summed E-state index contributed by atoms with van der Waals surface area (Å²) in [6.07, 6.45) is 0.631. The van der Waals surface area contributed by atoms with Crippen molar-refractivity contribution in [3.8, 4) is 0 Å². The van der Waals surface area contributed by atoms with Crippen LogP contribution in [0.4, 0.5) is 0 Å². The zero-order valence-electron chi connectivity index (χ0n) is 7.53. The highest BCUT2D eigenvalue weighted by molar-refractivity contribution is 7.11. The minimum absolute atomic E-state index is 0.151. The fraction of sp³-hybridized carbons (Fsp3) is 0.750. The van der Waals surface area contributed by atoms with Gasteiger partial charge in [-0.25, -0.2) is 0 Å². The van der Waals surface area contributed by atoms with E-state index in [0.717, 1.165) is 23.0 Å². The third-order valence-corrected chi connectivity index (χ3v) is 3.48. The maximum atomic E-state index is 9.60. The molecule has 1 aromatic heterocycles. The summed E-state index contributed by atoms with van der Waals surface area (Å²) in [7, 11) is 0. The average molecular weight is 199 g/mol. The Kier molecular flexibility index (Phi) is 2.57. The fourth-order valence-electron chi connectivity index (χ4n) is 1.48. The molecule has 0 amide bonds. The molecule has 0 saturated carbocycles. The van der Waals surface area contributed by atoms with Crippen LogP contribution < -0.4 is 5.32 Å². The molecule has 1 aliphatic rings. The van der Waals surface area contributed by atoms with Crippen molar-refractivity contribution < 1.29 is 5.11 Å². The zero-order chi connectivity index (χ0) is 9.26. The van der Waals surface area contributed by atoms with Gasteiger partial charge in [0.25, 0.3) is 0 Å². The van der Waals surface area contributed by atoms with Gasteiger partial charge in [0.2, 0.25) is 0 Å². The van der Waals surface area contributed by atoms with Crippen LogP contribution in [0.15, 0.2) is 0 Å². The van der Waals surface area contributed by atoms with Crippen molar-refractivity contribution in [2.75, 3.05) is 13.1 Å². The first-order valence-electron chi connectivity index (χ1n) is 4.52. The van der Waals surface area contributed by atoms with Crippen molar-refractivity contribution in [2.24, 2.45) is 0 Å². The van der Waals surface area contributed by atoms with Crippen molar-refractivity contribution in [2.45, 2.75) is 25.4 Å². The summed E-state index contributed by atoms with van der Waals surface area (Å²) in [4.78, 5) is 0. The van der Waals surface area contributed by atoms with E-state index >= 15 is 0 Å². The molecule has 0 spiro atoms. The lowest BCUT2D eigenvalue weighted by molar-refractivity contribution is 0.177. The van der Waals surface area contributed by atoms with Gasteiger partial charge in [-0.15, -0.1) is 21.5 Å². The van der Waals surface area contributed by atoms with Crippen LogP contribution in [0, 0.1) is 0 Å². The Hall–Kier alpha value is -0.520. The third-order valence-electron chi connectivity index (χ3n) is 2.28. The lowest BCUT2D eigenvalue weighted by Gasteiger charge is -2.07. The molecule has 0 unspecified atom stereocenters. The molecule has 0 radical (unpaired) electrons. The summed E-state index contributed by atoms with van der Waals surface area (Å²) >= 11 is 1.61. The second kappa shape index (κ2) is 3.69. The first kappa shape index (κ1) is 9.05. The summed E-state index contributed by atoms with van der Waals surface area (Å²) in [6, 6.07) is 0. The van der Waals surface area contributed by atoms with Gasteiger partial charge in [0, 0.05) is 13.1 Å². The van der Waals surface area contributed by atoms with Crippen molar-refractivity contribution in [1.82, 2.24) is 15.5 Å². The van der Waals surface area contributed by atoms with Gasteiger partial charge in [0.05, 0.1) is 12.0 Å². The number of nitrogens with one attached hydrogen (secondary N) is 1. The molecule has 1 aliphatic heterocycles. The Labute approximate surface area is 81.0 Å². The molecular weight excluding hydrogens is 186 g/mol. The highest BCUT2D eigenvalue weighted by Crippen LogP contribution is 2.25. The first-order chi connectivity index (χ1) is 6.31. The molecule has 1 aromatic rings. The van der Waals surface area contributed by atoms with Gasteiger partial charge in [-0.3, -0.25) is 0 Å². The highest BCUT2D eigenvalue weighted by Gasteiger charge is 2.29. The molecule has 72 valence electrons. The van der Waals surface area contributed by atoms with Crippen LogP contribution in [0.25, 0.3) is 0 Å². The quantitative estimate of drug-likeness (QED) is 0.712. The van der Waals surface area contributed by atoms with Crippen LogP contribution in [-0.2, 0) is 6.42 Å². The Bertz CT molecular complexity index is 289. The number of aliphatic hydroxyl groups is 1. The number of hydrogen-bond acceptors (Lipinski definition) is 5. The number of aromatic nitrogens is 2. The van der Waals surface area contributed by atoms with Crippen LogP contribution in [0.5, 0.6) is 0 Å². The van der Waals surface area contributed by atoms with Crippen molar-refractivity contribution >= 4 is 11.3 Å². The van der Waals surface area contributed by atoms with E-state index in [1.165, 1.54) is 0 Å². The molecule has 0 bridgehead atoms. The number of hydrogen-bond donors (Lipinski definition) is 2. The number of aliphatic hydroxyl groups excluding tert-OH is 1. The van der Waals surface area contributed by atoms with E-state index in [-0.39, 0.29) is 12.0 Å². The summed E-state index contributed by atoms with van der Waals surface area (Å²) in [5.74, 6) is 0.151. The predicted octanol–water partition coefficient (Wildman–Crippen LogP) is 0.148. The topological polar surface area (TPSA) is 58.0 Å². The third kappa shape index (κ3) is 1.72. The molecule has 4 nitrogen and oxygen atoms in total. The standard InChI is InChI=1S/C8H13N3OS/c1-2-7-10-11-8(13-7)5-3-9-4-6(5)12/h5-6,9,12H,2-4H2,1H3/t5-,6-/m1/s1. The normalized spacial score (nSPS) is 28.2. The van der Waals surface area contributed by atoms with E-state index in [2.05, 4.69) is 22.4 Å². The largest absolute Gasteiger partial charge is 0.391 e. The van der Waals surface area contributed by atoms with E-state index in [4.69, 9.17) is 0 Å². The number of β-amino-alcohol motifs (C(OH)–C–C–N with tert-alkyl or cyclic N) is 1. The summed E-state index contributed by atoms with van der Waals surface area (Å²) in [5.41, 5.74) is 0. The van der Waals surface area contributed by atoms with E-state index < -0.39 is 0 Å². The van der Waals surface area contributed by atoms with Crippen LogP contribution in [0.3, 0.4) is 0 Å². The Morgan fingerprint density at radius 2 is 2.38 bits per heavy atom. The molecule has 1 saturated heterocycles. The molecule has 1 fully saturated rings. The fourth-order valence-corrected chi connectivity index (χ4v) is 2.42. The number of aryl methyl sites for hydroxylation is 1. The molecule has 2 heterocycles. The Morgan fingerprint density at radius 1 is 1.54 bits per heavy atom. The molecular formula is C8H13N3OS. The average Bonchev–Trinajstić information content (AvgIpc) is 2.71. The second-order valence-electron chi connectivity index (χ2n) is 3.22. The highest BCUT2D eigenvalue weighted by atomic mass is 32.1. The van der Waals surface area contributed by atoms with E-state index in [9.17, 15) is 5.11 Å². The van der Waals surface area contributed by atoms with Gasteiger partial charge in [-0.1, -0.05) is 6.92 Å². The minimum Gasteiger partial charge on any atom is -0.391 e. The van der Waals surface area contributed by atoms with E-state index in [1.807, 2.05) is 0 Å². The van der Waals surface area contributed by atoms with Crippen molar-refractivity contribution in [3.05, 3.63) is 10.0 Å². The first-order valence-corrected chi connectivity index (χ1v) is 5.34. The lowest BCUT2D eigenvalue weighted by Crippen LogP contribution is -2.15. The van der Waals surface area contributed by atoms with Crippen molar-refractivity contribution in [1.29, 1.82) is 0 Å². The van der Waals surface area contributed by atoms with Crippen molar-refractivity contribution in [3.63, 3.8) is 0 Å². The molecule has 0 aromatic carbocycles.